The molecule has 0 unspecified atom stereocenters. The zero-order valence-electron chi connectivity index (χ0n) is 10.9. The normalized spacial score (nSPS) is 22.0. The van der Waals surface area contributed by atoms with Crippen molar-refractivity contribution in [3.05, 3.63) is 36.0 Å². The largest absolute Gasteiger partial charge is 0.495 e. The fourth-order valence-electron chi connectivity index (χ4n) is 2.24. The summed E-state index contributed by atoms with van der Waals surface area (Å²) in [6.07, 6.45) is 4.79. The average Bonchev–Trinajstić information content (AvgIpc) is 2.41. The number of benzene rings is 1. The molecule has 1 aromatic rings. The second-order valence-corrected chi connectivity index (χ2v) is 4.67. The molecule has 1 fully saturated rings. The Balaban J connectivity index is 2.12. The Kier molecular flexibility index (Phi) is 4.03. The molecule has 3 nitrogen and oxygen atoms in total. The van der Waals surface area contributed by atoms with Crippen molar-refractivity contribution in [2.24, 2.45) is 5.92 Å². The molecule has 18 heavy (non-hydrogen) atoms. The number of nitrogens with one attached hydrogen (secondary N) is 1. The average molecular weight is 245 g/mol. The van der Waals surface area contributed by atoms with Gasteiger partial charge in [-0.2, -0.15) is 0 Å². The molecular weight excluding hydrogens is 226 g/mol. The van der Waals surface area contributed by atoms with Crippen molar-refractivity contribution in [2.45, 2.75) is 26.2 Å². The second-order valence-electron chi connectivity index (χ2n) is 4.67. The fraction of sp³-hybridized carbons (Fsp3) is 0.400. The highest BCUT2D eigenvalue weighted by Crippen LogP contribution is 2.27. The van der Waals surface area contributed by atoms with E-state index in [1.165, 1.54) is 0 Å². The van der Waals surface area contributed by atoms with Crippen molar-refractivity contribution in [1.29, 1.82) is 0 Å². The molecule has 0 aromatic heterocycles. The molecule has 0 heterocycles. The van der Waals surface area contributed by atoms with Crippen LogP contribution in [0.2, 0.25) is 0 Å². The first-order chi connectivity index (χ1) is 8.72. The smallest absolute Gasteiger partial charge is 0.163 e. The molecule has 0 radical (unpaired) electrons. The van der Waals surface area contributed by atoms with Crippen LogP contribution < -0.4 is 10.1 Å². The number of allylic oxidation sites excluding steroid dienone is 1. The number of ether oxygens (including phenoxy) is 1. The first kappa shape index (κ1) is 12.7. The topological polar surface area (TPSA) is 38.3 Å². The number of methoxy groups -OCH3 is 1. The van der Waals surface area contributed by atoms with E-state index in [1.54, 1.807) is 7.11 Å². The number of carbonyl (C=O) groups excluding carboxylic acids is 1. The number of ketones is 1. The van der Waals surface area contributed by atoms with Gasteiger partial charge in [-0.25, -0.2) is 0 Å². The van der Waals surface area contributed by atoms with Crippen LogP contribution >= 0.6 is 0 Å². The second kappa shape index (κ2) is 5.71. The van der Waals surface area contributed by atoms with Gasteiger partial charge in [-0.1, -0.05) is 19.1 Å². The number of hydrogen-bond acceptors (Lipinski definition) is 3. The van der Waals surface area contributed by atoms with Crippen LogP contribution in [0.4, 0.5) is 5.69 Å². The Morgan fingerprint density at radius 1 is 1.39 bits per heavy atom. The monoisotopic (exact) mass is 245 g/mol. The summed E-state index contributed by atoms with van der Waals surface area (Å²) in [5, 5.41) is 3.18. The summed E-state index contributed by atoms with van der Waals surface area (Å²) in [5.41, 5.74) is 1.78. The molecule has 0 amide bonds. The molecule has 1 aromatic carbocycles. The maximum absolute atomic E-state index is 12.0. The zero-order chi connectivity index (χ0) is 13.0. The highest BCUT2D eigenvalue weighted by atomic mass is 16.5. The van der Waals surface area contributed by atoms with Gasteiger partial charge in [0.2, 0.25) is 0 Å². The van der Waals surface area contributed by atoms with Crippen LogP contribution in [0.15, 0.2) is 36.0 Å². The number of para-hydroxylation sites is 2. The SMILES string of the molecule is COc1ccccc1N/C=C1\CCC[C@@H](C)C1=O. The van der Waals surface area contributed by atoms with Gasteiger partial charge in [0.25, 0.3) is 0 Å². The lowest BCUT2D eigenvalue weighted by Crippen LogP contribution is -2.19. The van der Waals surface area contributed by atoms with E-state index in [1.807, 2.05) is 37.4 Å². The molecule has 1 N–H and O–H groups in total. The summed E-state index contributed by atoms with van der Waals surface area (Å²) in [4.78, 5) is 12.0. The van der Waals surface area contributed by atoms with Gasteiger partial charge in [-0.15, -0.1) is 0 Å². The minimum absolute atomic E-state index is 0.157. The van der Waals surface area contributed by atoms with E-state index in [0.29, 0.717) is 0 Å². The number of carbonyl (C=O) groups is 1. The van der Waals surface area contributed by atoms with Gasteiger partial charge in [0.1, 0.15) is 5.75 Å². The van der Waals surface area contributed by atoms with E-state index in [-0.39, 0.29) is 11.7 Å². The van der Waals surface area contributed by atoms with Crippen molar-refractivity contribution in [2.75, 3.05) is 12.4 Å². The van der Waals surface area contributed by atoms with E-state index in [0.717, 1.165) is 36.3 Å². The van der Waals surface area contributed by atoms with Crippen molar-refractivity contribution in [1.82, 2.24) is 0 Å². The minimum atomic E-state index is 0.157. The Labute approximate surface area is 108 Å². The molecule has 96 valence electrons. The lowest BCUT2D eigenvalue weighted by atomic mass is 9.86. The number of hydrogen-bond donors (Lipinski definition) is 1. The quantitative estimate of drug-likeness (QED) is 0.830. The molecule has 0 spiro atoms. The van der Waals surface area contributed by atoms with Gasteiger partial charge in [-0.3, -0.25) is 4.79 Å². The van der Waals surface area contributed by atoms with E-state index in [9.17, 15) is 4.79 Å². The van der Waals surface area contributed by atoms with E-state index in [2.05, 4.69) is 5.32 Å². The highest BCUT2D eigenvalue weighted by molar-refractivity contribution is 5.97. The van der Waals surface area contributed by atoms with Gasteiger partial charge in [-0.05, 0) is 31.4 Å². The van der Waals surface area contributed by atoms with Crippen LogP contribution in [0.25, 0.3) is 0 Å². The van der Waals surface area contributed by atoms with Crippen molar-refractivity contribution in [3.8, 4) is 5.75 Å². The number of Topliss-reactive ketones (excluding diaryl/α,β-unsaturated/α-hetero) is 1. The Morgan fingerprint density at radius 3 is 2.94 bits per heavy atom. The summed E-state index contributed by atoms with van der Waals surface area (Å²) < 4.78 is 5.26. The maximum atomic E-state index is 12.0. The van der Waals surface area contributed by atoms with E-state index in [4.69, 9.17) is 4.74 Å². The molecule has 1 aliphatic rings. The number of rotatable bonds is 3. The molecule has 1 aliphatic carbocycles. The molecule has 2 rings (SSSR count). The van der Waals surface area contributed by atoms with Gasteiger partial charge in [0.05, 0.1) is 12.8 Å². The first-order valence-corrected chi connectivity index (χ1v) is 6.35. The first-order valence-electron chi connectivity index (χ1n) is 6.35. The van der Waals surface area contributed by atoms with Crippen LogP contribution in [0.3, 0.4) is 0 Å². The zero-order valence-corrected chi connectivity index (χ0v) is 10.9. The van der Waals surface area contributed by atoms with Crippen LogP contribution in [0, 0.1) is 5.92 Å². The molecule has 0 bridgehead atoms. The molecule has 0 aliphatic heterocycles. The maximum Gasteiger partial charge on any atom is 0.163 e. The van der Waals surface area contributed by atoms with Crippen LogP contribution in [-0.2, 0) is 4.79 Å². The van der Waals surface area contributed by atoms with Crippen molar-refractivity contribution in [3.63, 3.8) is 0 Å². The standard InChI is InChI=1S/C15H19NO2/c1-11-6-5-7-12(15(11)17)10-16-13-8-3-4-9-14(13)18-2/h3-4,8-11,16H,5-7H2,1-2H3/b12-10+/t11-/m1/s1. The Morgan fingerprint density at radius 2 is 2.17 bits per heavy atom. The predicted octanol–water partition coefficient (Wildman–Crippen LogP) is 3.38. The molecule has 3 heteroatoms. The van der Waals surface area contributed by atoms with Crippen molar-refractivity contribution >= 4 is 11.5 Å². The lowest BCUT2D eigenvalue weighted by molar-refractivity contribution is -0.119. The van der Waals surface area contributed by atoms with E-state index >= 15 is 0 Å². The highest BCUT2D eigenvalue weighted by Gasteiger charge is 2.22. The van der Waals surface area contributed by atoms with Crippen molar-refractivity contribution < 1.29 is 9.53 Å². The minimum Gasteiger partial charge on any atom is -0.495 e. The molecular formula is C15H19NO2. The molecule has 1 atom stereocenters. The van der Waals surface area contributed by atoms with Crippen LogP contribution in [-0.4, -0.2) is 12.9 Å². The molecule has 0 saturated heterocycles. The molecule has 1 saturated carbocycles. The number of anilines is 1. The summed E-state index contributed by atoms with van der Waals surface area (Å²) in [5.74, 6) is 1.21. The van der Waals surface area contributed by atoms with Gasteiger partial charge >= 0.3 is 0 Å². The Hall–Kier alpha value is -1.77. The predicted molar refractivity (Wildman–Crippen MR) is 72.7 cm³/mol. The Bertz CT molecular complexity index is 465. The summed E-state index contributed by atoms with van der Waals surface area (Å²) in [6.45, 7) is 2.00. The van der Waals surface area contributed by atoms with Gasteiger partial charge < -0.3 is 10.1 Å². The van der Waals surface area contributed by atoms with Gasteiger partial charge in [0.15, 0.2) is 5.78 Å². The van der Waals surface area contributed by atoms with E-state index < -0.39 is 0 Å². The summed E-state index contributed by atoms with van der Waals surface area (Å²) in [7, 11) is 1.64. The van der Waals surface area contributed by atoms with Crippen LogP contribution in [0.1, 0.15) is 26.2 Å². The summed E-state index contributed by atoms with van der Waals surface area (Å²) >= 11 is 0. The third-order valence-corrected chi connectivity index (χ3v) is 3.36. The van der Waals surface area contributed by atoms with Gasteiger partial charge in [0, 0.05) is 17.7 Å². The third-order valence-electron chi connectivity index (χ3n) is 3.36. The fourth-order valence-corrected chi connectivity index (χ4v) is 2.24. The van der Waals surface area contributed by atoms with Crippen LogP contribution in [0.5, 0.6) is 5.75 Å². The third kappa shape index (κ3) is 2.73. The summed E-state index contributed by atoms with van der Waals surface area (Å²) in [6, 6.07) is 7.69. The lowest BCUT2D eigenvalue weighted by Gasteiger charge is -2.19.